The number of H-pyrrole nitrogens is 1. The van der Waals surface area contributed by atoms with Crippen LogP contribution in [-0.2, 0) is 6.42 Å². The van der Waals surface area contributed by atoms with Gasteiger partial charge in [-0.05, 0) is 37.6 Å². The van der Waals surface area contributed by atoms with Crippen molar-refractivity contribution in [1.82, 2.24) is 9.97 Å². The molecule has 0 saturated heterocycles. The maximum atomic E-state index is 5.91. The molecule has 0 aliphatic carbocycles. The van der Waals surface area contributed by atoms with Crippen LogP contribution in [0.4, 0.5) is 0 Å². The van der Waals surface area contributed by atoms with E-state index in [1.54, 1.807) is 0 Å². The van der Waals surface area contributed by atoms with E-state index >= 15 is 0 Å². The second-order valence-corrected chi connectivity index (χ2v) is 4.38. The lowest BCUT2D eigenvalue weighted by atomic mass is 10.2. The van der Waals surface area contributed by atoms with Gasteiger partial charge in [0.1, 0.15) is 5.82 Å². The van der Waals surface area contributed by atoms with Crippen molar-refractivity contribution in [3.05, 3.63) is 29.0 Å². The molecular formula is C12H16ClN3. The summed E-state index contributed by atoms with van der Waals surface area (Å²) >= 11 is 5.91. The molecule has 0 fully saturated rings. The summed E-state index contributed by atoms with van der Waals surface area (Å²) in [5, 5.41) is 0.742. The summed E-state index contributed by atoms with van der Waals surface area (Å²) in [6.45, 7) is 0.774. The number of nitrogens with two attached hydrogens (primary N) is 1. The molecule has 16 heavy (non-hydrogen) atoms. The quantitative estimate of drug-likeness (QED) is 0.786. The zero-order chi connectivity index (χ0) is 11.4. The third-order valence-corrected chi connectivity index (χ3v) is 2.85. The Bertz CT molecular complexity index is 464. The normalized spacial score (nSPS) is 11.1. The van der Waals surface area contributed by atoms with Crippen molar-refractivity contribution in [2.75, 3.05) is 6.54 Å². The van der Waals surface area contributed by atoms with Crippen LogP contribution in [0.25, 0.3) is 11.0 Å². The average Bonchev–Trinajstić information content (AvgIpc) is 2.66. The van der Waals surface area contributed by atoms with E-state index in [0.717, 1.165) is 54.1 Å². The van der Waals surface area contributed by atoms with Crippen molar-refractivity contribution in [3.63, 3.8) is 0 Å². The van der Waals surface area contributed by atoms with Gasteiger partial charge in [-0.3, -0.25) is 0 Å². The summed E-state index contributed by atoms with van der Waals surface area (Å²) in [5.41, 5.74) is 7.45. The van der Waals surface area contributed by atoms with Crippen molar-refractivity contribution >= 4 is 22.6 Å². The highest BCUT2D eigenvalue weighted by atomic mass is 35.5. The molecule has 0 radical (unpaired) electrons. The standard InChI is InChI=1S/C12H16ClN3/c13-9-5-6-10-11(8-9)16-12(15-10)4-2-1-3-7-14/h5-6,8H,1-4,7,14H2,(H,15,16). The van der Waals surface area contributed by atoms with Crippen LogP contribution in [0.5, 0.6) is 0 Å². The molecule has 2 aromatic rings. The van der Waals surface area contributed by atoms with Crippen LogP contribution < -0.4 is 5.73 Å². The Morgan fingerprint density at radius 2 is 2.12 bits per heavy atom. The zero-order valence-corrected chi connectivity index (χ0v) is 9.93. The van der Waals surface area contributed by atoms with Crippen LogP contribution in [0.15, 0.2) is 18.2 Å². The van der Waals surface area contributed by atoms with Crippen molar-refractivity contribution in [2.24, 2.45) is 5.73 Å². The molecule has 1 heterocycles. The molecule has 3 N–H and O–H groups in total. The van der Waals surface area contributed by atoms with Gasteiger partial charge in [-0.2, -0.15) is 0 Å². The smallest absolute Gasteiger partial charge is 0.107 e. The first kappa shape index (κ1) is 11.4. The van der Waals surface area contributed by atoms with Crippen molar-refractivity contribution in [1.29, 1.82) is 0 Å². The Hall–Kier alpha value is -1.06. The number of nitrogens with one attached hydrogen (secondary N) is 1. The minimum atomic E-state index is 0.742. The SMILES string of the molecule is NCCCCCc1nc2ccc(Cl)cc2[nH]1. The fourth-order valence-electron chi connectivity index (χ4n) is 1.77. The van der Waals surface area contributed by atoms with Crippen molar-refractivity contribution in [2.45, 2.75) is 25.7 Å². The van der Waals surface area contributed by atoms with Crippen LogP contribution in [0, 0.1) is 0 Å². The van der Waals surface area contributed by atoms with Crippen LogP contribution in [0.2, 0.25) is 5.02 Å². The lowest BCUT2D eigenvalue weighted by Gasteiger charge is -1.95. The third-order valence-electron chi connectivity index (χ3n) is 2.61. The molecule has 0 saturated carbocycles. The number of hydrogen-bond donors (Lipinski definition) is 2. The van der Waals surface area contributed by atoms with E-state index in [4.69, 9.17) is 17.3 Å². The minimum absolute atomic E-state index is 0.742. The number of benzene rings is 1. The fraction of sp³-hybridized carbons (Fsp3) is 0.417. The van der Waals surface area contributed by atoms with Crippen LogP contribution >= 0.6 is 11.6 Å². The maximum Gasteiger partial charge on any atom is 0.107 e. The molecule has 0 aliphatic heterocycles. The van der Waals surface area contributed by atoms with E-state index in [1.165, 1.54) is 0 Å². The largest absolute Gasteiger partial charge is 0.342 e. The summed E-state index contributed by atoms with van der Waals surface area (Å²) in [6.07, 6.45) is 4.36. The predicted octanol–water partition coefficient (Wildman–Crippen LogP) is 2.89. The second kappa shape index (κ2) is 5.32. The van der Waals surface area contributed by atoms with Gasteiger partial charge in [0.05, 0.1) is 11.0 Å². The molecule has 1 aromatic carbocycles. The van der Waals surface area contributed by atoms with E-state index < -0.39 is 0 Å². The van der Waals surface area contributed by atoms with E-state index in [-0.39, 0.29) is 0 Å². The summed E-state index contributed by atoms with van der Waals surface area (Å²) in [5.74, 6) is 1.04. The van der Waals surface area contributed by atoms with Crippen LogP contribution in [0.3, 0.4) is 0 Å². The van der Waals surface area contributed by atoms with E-state index in [0.29, 0.717) is 0 Å². The Morgan fingerprint density at radius 1 is 1.25 bits per heavy atom. The maximum absolute atomic E-state index is 5.91. The van der Waals surface area contributed by atoms with Crippen molar-refractivity contribution < 1.29 is 0 Å². The van der Waals surface area contributed by atoms with Gasteiger partial charge < -0.3 is 10.7 Å². The Labute approximate surface area is 100 Å². The highest BCUT2D eigenvalue weighted by Crippen LogP contribution is 2.17. The molecule has 3 nitrogen and oxygen atoms in total. The number of rotatable bonds is 5. The number of halogens is 1. The second-order valence-electron chi connectivity index (χ2n) is 3.94. The summed E-state index contributed by atoms with van der Waals surface area (Å²) < 4.78 is 0. The number of hydrogen-bond acceptors (Lipinski definition) is 2. The van der Waals surface area contributed by atoms with E-state index in [9.17, 15) is 0 Å². The van der Waals surface area contributed by atoms with Gasteiger partial charge in [0.2, 0.25) is 0 Å². The van der Waals surface area contributed by atoms with Gasteiger partial charge >= 0.3 is 0 Å². The Balaban J connectivity index is 2.02. The molecule has 86 valence electrons. The first-order valence-electron chi connectivity index (χ1n) is 5.64. The van der Waals surface area contributed by atoms with Gasteiger partial charge in [-0.1, -0.05) is 18.0 Å². The lowest BCUT2D eigenvalue weighted by Crippen LogP contribution is -1.98. The van der Waals surface area contributed by atoms with Gasteiger partial charge in [-0.25, -0.2) is 4.98 Å². The first-order chi connectivity index (χ1) is 7.79. The van der Waals surface area contributed by atoms with Crippen LogP contribution in [0.1, 0.15) is 25.1 Å². The topological polar surface area (TPSA) is 54.7 Å². The summed E-state index contributed by atoms with van der Waals surface area (Å²) in [7, 11) is 0. The fourth-order valence-corrected chi connectivity index (χ4v) is 1.94. The van der Waals surface area contributed by atoms with Gasteiger partial charge in [-0.15, -0.1) is 0 Å². The van der Waals surface area contributed by atoms with Crippen molar-refractivity contribution in [3.8, 4) is 0 Å². The Kier molecular flexibility index (Phi) is 3.80. The molecule has 0 bridgehead atoms. The number of fused-ring (bicyclic) bond motifs is 1. The Morgan fingerprint density at radius 3 is 2.94 bits per heavy atom. The molecular weight excluding hydrogens is 222 g/mol. The molecule has 0 atom stereocenters. The van der Waals surface area contributed by atoms with Gasteiger partial charge in [0.15, 0.2) is 0 Å². The number of aromatic nitrogens is 2. The monoisotopic (exact) mass is 237 g/mol. The average molecular weight is 238 g/mol. The molecule has 0 aliphatic rings. The molecule has 0 unspecified atom stereocenters. The number of imidazole rings is 1. The number of unbranched alkanes of at least 4 members (excludes halogenated alkanes) is 2. The first-order valence-corrected chi connectivity index (χ1v) is 6.01. The minimum Gasteiger partial charge on any atom is -0.342 e. The van der Waals surface area contributed by atoms with E-state index in [2.05, 4.69) is 9.97 Å². The third kappa shape index (κ3) is 2.74. The predicted molar refractivity (Wildman–Crippen MR) is 67.7 cm³/mol. The van der Waals surface area contributed by atoms with Gasteiger partial charge in [0, 0.05) is 11.4 Å². The summed E-state index contributed by atoms with van der Waals surface area (Å²) in [4.78, 5) is 7.79. The number of nitrogens with zero attached hydrogens (tertiary/aromatic N) is 1. The molecule has 0 amide bonds. The zero-order valence-electron chi connectivity index (χ0n) is 9.17. The lowest BCUT2D eigenvalue weighted by molar-refractivity contribution is 0.674. The highest BCUT2D eigenvalue weighted by Gasteiger charge is 2.02. The molecule has 4 heteroatoms. The number of aryl methyl sites for hydroxylation is 1. The van der Waals surface area contributed by atoms with Crippen LogP contribution in [-0.4, -0.2) is 16.5 Å². The molecule has 0 spiro atoms. The summed E-state index contributed by atoms with van der Waals surface area (Å²) in [6, 6.07) is 5.72. The molecule has 1 aromatic heterocycles. The highest BCUT2D eigenvalue weighted by molar-refractivity contribution is 6.31. The number of aromatic amines is 1. The molecule has 2 rings (SSSR count). The van der Waals surface area contributed by atoms with E-state index in [1.807, 2.05) is 18.2 Å². The van der Waals surface area contributed by atoms with Gasteiger partial charge in [0.25, 0.3) is 0 Å².